The van der Waals surface area contributed by atoms with Gasteiger partial charge in [-0.25, -0.2) is 0 Å². The van der Waals surface area contributed by atoms with Crippen LogP contribution in [0, 0.1) is 5.92 Å². The maximum absolute atomic E-state index is 4.50. The Morgan fingerprint density at radius 3 is 3.38 bits per heavy atom. The number of nitrogens with zero attached hydrogens (tertiary/aromatic N) is 1. The number of nitrogens with one attached hydrogen (secondary N) is 1. The van der Waals surface area contributed by atoms with Gasteiger partial charge in [-0.15, -0.1) is 0 Å². The first-order valence-electron chi connectivity index (χ1n) is 5.08. The molecule has 0 spiro atoms. The summed E-state index contributed by atoms with van der Waals surface area (Å²) >= 11 is 0. The van der Waals surface area contributed by atoms with E-state index < -0.39 is 0 Å². The summed E-state index contributed by atoms with van der Waals surface area (Å²) in [7, 11) is 0. The Kier molecular flexibility index (Phi) is 1.62. The summed E-state index contributed by atoms with van der Waals surface area (Å²) in [5, 5.41) is 3.49. The highest BCUT2D eigenvalue weighted by molar-refractivity contribution is 5.28. The molecule has 1 aliphatic heterocycles. The summed E-state index contributed by atoms with van der Waals surface area (Å²) in [5.41, 5.74) is 2.84. The van der Waals surface area contributed by atoms with Gasteiger partial charge < -0.3 is 5.32 Å². The minimum Gasteiger partial charge on any atom is -0.316 e. The third-order valence-electron chi connectivity index (χ3n) is 3.26. The second kappa shape index (κ2) is 2.81. The molecule has 0 aromatic carbocycles. The SMILES string of the molecule is c1cnc2c(c1)CC1CNCC2C1. The minimum absolute atomic E-state index is 0.684. The van der Waals surface area contributed by atoms with Gasteiger partial charge in [-0.1, -0.05) is 6.07 Å². The van der Waals surface area contributed by atoms with E-state index in [4.69, 9.17) is 0 Å². The first-order chi connectivity index (χ1) is 6.43. The Hall–Kier alpha value is -0.890. The summed E-state index contributed by atoms with van der Waals surface area (Å²) in [6, 6.07) is 4.31. The van der Waals surface area contributed by atoms with Gasteiger partial charge in [0.15, 0.2) is 0 Å². The zero-order valence-corrected chi connectivity index (χ0v) is 7.66. The van der Waals surface area contributed by atoms with Crippen molar-refractivity contribution in [3.8, 4) is 0 Å². The van der Waals surface area contributed by atoms with Crippen LogP contribution in [0.2, 0.25) is 0 Å². The Bertz CT molecular complexity index is 322. The third-order valence-corrected chi connectivity index (χ3v) is 3.26. The molecule has 2 unspecified atom stereocenters. The van der Waals surface area contributed by atoms with Gasteiger partial charge >= 0.3 is 0 Å². The van der Waals surface area contributed by atoms with Crippen LogP contribution in [0.1, 0.15) is 23.6 Å². The fraction of sp³-hybridized carbons (Fsp3) is 0.545. The lowest BCUT2D eigenvalue weighted by molar-refractivity contribution is 0.313. The molecule has 1 aliphatic carbocycles. The average molecular weight is 174 g/mol. The van der Waals surface area contributed by atoms with Crippen molar-refractivity contribution in [2.24, 2.45) is 5.92 Å². The molecule has 2 bridgehead atoms. The molecule has 0 radical (unpaired) electrons. The van der Waals surface area contributed by atoms with E-state index in [2.05, 4.69) is 22.4 Å². The highest BCUT2D eigenvalue weighted by Crippen LogP contribution is 2.34. The number of pyridine rings is 1. The van der Waals surface area contributed by atoms with E-state index in [1.807, 2.05) is 6.20 Å². The molecule has 2 nitrogen and oxygen atoms in total. The first-order valence-corrected chi connectivity index (χ1v) is 5.08. The van der Waals surface area contributed by atoms with Crippen LogP contribution in [-0.4, -0.2) is 18.1 Å². The van der Waals surface area contributed by atoms with Crippen LogP contribution in [-0.2, 0) is 6.42 Å². The number of rotatable bonds is 0. The average Bonchev–Trinajstić information content (AvgIpc) is 2.18. The van der Waals surface area contributed by atoms with Crippen molar-refractivity contribution >= 4 is 0 Å². The molecule has 0 amide bonds. The summed E-state index contributed by atoms with van der Waals surface area (Å²) < 4.78 is 0. The quantitative estimate of drug-likeness (QED) is 0.642. The molecule has 1 aromatic rings. The van der Waals surface area contributed by atoms with Gasteiger partial charge in [0.05, 0.1) is 0 Å². The Labute approximate surface area is 78.4 Å². The fourth-order valence-corrected chi connectivity index (χ4v) is 2.70. The molecule has 1 N–H and O–H groups in total. The molecule has 3 rings (SSSR count). The van der Waals surface area contributed by atoms with E-state index in [9.17, 15) is 0 Å². The lowest BCUT2D eigenvalue weighted by Gasteiger charge is -2.35. The van der Waals surface area contributed by atoms with E-state index in [0.29, 0.717) is 5.92 Å². The van der Waals surface area contributed by atoms with Crippen molar-refractivity contribution < 1.29 is 0 Å². The summed E-state index contributed by atoms with van der Waals surface area (Å²) in [4.78, 5) is 4.50. The highest BCUT2D eigenvalue weighted by atomic mass is 14.9. The molecule has 68 valence electrons. The molecule has 2 heterocycles. The lowest BCUT2D eigenvalue weighted by atomic mass is 9.77. The van der Waals surface area contributed by atoms with Crippen LogP contribution >= 0.6 is 0 Å². The predicted molar refractivity (Wildman–Crippen MR) is 51.7 cm³/mol. The van der Waals surface area contributed by atoms with E-state index in [0.717, 1.165) is 12.5 Å². The maximum Gasteiger partial charge on any atom is 0.0479 e. The van der Waals surface area contributed by atoms with E-state index in [-0.39, 0.29) is 0 Å². The van der Waals surface area contributed by atoms with Crippen LogP contribution < -0.4 is 5.32 Å². The molecule has 13 heavy (non-hydrogen) atoms. The van der Waals surface area contributed by atoms with Gasteiger partial charge in [-0.2, -0.15) is 0 Å². The lowest BCUT2D eigenvalue weighted by Crippen LogP contribution is -2.39. The molecule has 1 saturated heterocycles. The molecule has 2 heteroatoms. The number of hydrogen-bond donors (Lipinski definition) is 1. The zero-order valence-electron chi connectivity index (χ0n) is 7.66. The molecule has 1 aromatic heterocycles. The summed E-state index contributed by atoms with van der Waals surface area (Å²) in [5.74, 6) is 1.54. The predicted octanol–water partition coefficient (Wildman–Crippen LogP) is 1.33. The number of hydrogen-bond acceptors (Lipinski definition) is 2. The van der Waals surface area contributed by atoms with Crippen molar-refractivity contribution in [2.45, 2.75) is 18.8 Å². The van der Waals surface area contributed by atoms with Crippen LogP contribution in [0.5, 0.6) is 0 Å². The second-order valence-electron chi connectivity index (χ2n) is 4.21. The fourth-order valence-electron chi connectivity index (χ4n) is 2.70. The molecule has 1 fully saturated rings. The molecule has 0 saturated carbocycles. The molecular weight excluding hydrogens is 160 g/mol. The van der Waals surface area contributed by atoms with E-state index >= 15 is 0 Å². The van der Waals surface area contributed by atoms with Crippen molar-refractivity contribution in [1.82, 2.24) is 10.3 Å². The van der Waals surface area contributed by atoms with Crippen molar-refractivity contribution in [3.63, 3.8) is 0 Å². The van der Waals surface area contributed by atoms with Gasteiger partial charge in [-0.3, -0.25) is 4.98 Å². The largest absolute Gasteiger partial charge is 0.316 e. The highest BCUT2D eigenvalue weighted by Gasteiger charge is 2.30. The van der Waals surface area contributed by atoms with Crippen LogP contribution in [0.25, 0.3) is 0 Å². The maximum atomic E-state index is 4.50. The molecular formula is C11H14N2. The van der Waals surface area contributed by atoms with E-state index in [1.165, 1.54) is 30.6 Å². The van der Waals surface area contributed by atoms with Crippen molar-refractivity contribution in [2.75, 3.05) is 13.1 Å². The van der Waals surface area contributed by atoms with Crippen LogP contribution in [0.3, 0.4) is 0 Å². The van der Waals surface area contributed by atoms with Gasteiger partial charge in [0.1, 0.15) is 0 Å². The Morgan fingerprint density at radius 2 is 2.38 bits per heavy atom. The Morgan fingerprint density at radius 1 is 1.38 bits per heavy atom. The van der Waals surface area contributed by atoms with Gasteiger partial charge in [0.25, 0.3) is 0 Å². The summed E-state index contributed by atoms with van der Waals surface area (Å²) in [6.45, 7) is 2.32. The zero-order chi connectivity index (χ0) is 8.67. The number of aromatic nitrogens is 1. The monoisotopic (exact) mass is 174 g/mol. The van der Waals surface area contributed by atoms with Gasteiger partial charge in [-0.05, 0) is 36.9 Å². The smallest absolute Gasteiger partial charge is 0.0479 e. The standard InChI is InChI=1S/C11H14N2/c1-2-9-4-8-5-10(7-12-6-8)11(9)13-3-1/h1-3,8,10,12H,4-7H2. The number of fused-ring (bicyclic) bond motifs is 4. The Balaban J connectivity index is 2.06. The van der Waals surface area contributed by atoms with Crippen molar-refractivity contribution in [1.29, 1.82) is 0 Å². The normalized spacial score (nSPS) is 31.1. The topological polar surface area (TPSA) is 24.9 Å². The van der Waals surface area contributed by atoms with Crippen LogP contribution in [0.15, 0.2) is 18.3 Å². The van der Waals surface area contributed by atoms with Gasteiger partial charge in [0, 0.05) is 24.4 Å². The third kappa shape index (κ3) is 1.17. The van der Waals surface area contributed by atoms with Gasteiger partial charge in [0.2, 0.25) is 0 Å². The molecule has 2 aliphatic rings. The van der Waals surface area contributed by atoms with Crippen LogP contribution in [0.4, 0.5) is 0 Å². The molecule has 2 atom stereocenters. The summed E-state index contributed by atoms with van der Waals surface area (Å²) in [6.07, 6.45) is 4.50. The minimum atomic E-state index is 0.684. The second-order valence-corrected chi connectivity index (χ2v) is 4.21. The number of piperidine rings is 1. The van der Waals surface area contributed by atoms with E-state index in [1.54, 1.807) is 0 Å². The first kappa shape index (κ1) is 7.51. The van der Waals surface area contributed by atoms with Crippen molar-refractivity contribution in [3.05, 3.63) is 29.6 Å².